The van der Waals surface area contributed by atoms with E-state index < -0.39 is 11.9 Å². The van der Waals surface area contributed by atoms with Gasteiger partial charge in [0.05, 0.1) is 19.4 Å². The molecule has 0 aliphatic heterocycles. The van der Waals surface area contributed by atoms with Crippen molar-refractivity contribution in [3.8, 4) is 5.88 Å². The number of pyridine rings is 1. The van der Waals surface area contributed by atoms with E-state index in [0.29, 0.717) is 11.4 Å². The number of aliphatic hydroxyl groups is 1. The molecule has 1 saturated carbocycles. The van der Waals surface area contributed by atoms with Crippen LogP contribution in [0.3, 0.4) is 0 Å². The van der Waals surface area contributed by atoms with Crippen molar-refractivity contribution in [2.24, 2.45) is 5.92 Å². The molecule has 1 fully saturated rings. The standard InChI is InChI=1S/C10H12FNO2/c1-14-9-4-7(8(11)5-12-9)10(13)6-2-3-6/h4-6,10,13H,2-3H2,1H3/t10-/m0/s1. The Kier molecular flexibility index (Phi) is 2.37. The zero-order valence-electron chi connectivity index (χ0n) is 7.90. The molecule has 0 radical (unpaired) electrons. The summed E-state index contributed by atoms with van der Waals surface area (Å²) in [6.07, 6.45) is 2.29. The lowest BCUT2D eigenvalue weighted by Gasteiger charge is -2.11. The lowest BCUT2D eigenvalue weighted by Crippen LogP contribution is -2.04. The van der Waals surface area contributed by atoms with Crippen molar-refractivity contribution in [1.29, 1.82) is 0 Å². The quantitative estimate of drug-likeness (QED) is 0.801. The maximum Gasteiger partial charge on any atom is 0.213 e. The first-order valence-electron chi connectivity index (χ1n) is 4.60. The second-order valence-corrected chi connectivity index (χ2v) is 3.53. The summed E-state index contributed by atoms with van der Waals surface area (Å²) in [5.74, 6) is 0.0721. The van der Waals surface area contributed by atoms with Gasteiger partial charge >= 0.3 is 0 Å². The van der Waals surface area contributed by atoms with Gasteiger partial charge in [-0.1, -0.05) is 0 Å². The number of hydrogen-bond donors (Lipinski definition) is 1. The van der Waals surface area contributed by atoms with Crippen molar-refractivity contribution in [2.75, 3.05) is 7.11 Å². The monoisotopic (exact) mass is 197 g/mol. The van der Waals surface area contributed by atoms with E-state index in [1.54, 1.807) is 0 Å². The molecule has 2 rings (SSSR count). The smallest absolute Gasteiger partial charge is 0.213 e. The number of nitrogens with zero attached hydrogens (tertiary/aromatic N) is 1. The van der Waals surface area contributed by atoms with Gasteiger partial charge in [0.1, 0.15) is 5.82 Å². The third kappa shape index (κ3) is 1.70. The molecule has 1 aromatic heterocycles. The summed E-state index contributed by atoms with van der Waals surface area (Å²) in [6.45, 7) is 0. The molecule has 1 N–H and O–H groups in total. The normalized spacial score (nSPS) is 17.9. The van der Waals surface area contributed by atoms with Crippen LogP contribution in [-0.4, -0.2) is 17.2 Å². The lowest BCUT2D eigenvalue weighted by atomic mass is 10.1. The zero-order valence-corrected chi connectivity index (χ0v) is 7.90. The summed E-state index contributed by atoms with van der Waals surface area (Å²) in [4.78, 5) is 3.71. The molecule has 0 unspecified atom stereocenters. The molecule has 0 spiro atoms. The van der Waals surface area contributed by atoms with Crippen LogP contribution >= 0.6 is 0 Å². The third-order valence-electron chi connectivity index (χ3n) is 2.46. The van der Waals surface area contributed by atoms with Crippen molar-refractivity contribution < 1.29 is 14.2 Å². The molecule has 3 nitrogen and oxygen atoms in total. The van der Waals surface area contributed by atoms with Crippen LogP contribution in [0.2, 0.25) is 0 Å². The molecule has 1 heterocycles. The third-order valence-corrected chi connectivity index (χ3v) is 2.46. The van der Waals surface area contributed by atoms with Gasteiger partial charge in [-0.3, -0.25) is 0 Å². The van der Waals surface area contributed by atoms with Crippen molar-refractivity contribution in [3.05, 3.63) is 23.6 Å². The van der Waals surface area contributed by atoms with Gasteiger partial charge in [-0.2, -0.15) is 0 Å². The van der Waals surface area contributed by atoms with E-state index in [0.717, 1.165) is 19.0 Å². The average Bonchev–Trinajstić information content (AvgIpc) is 3.01. The highest BCUT2D eigenvalue weighted by atomic mass is 19.1. The predicted octanol–water partition coefficient (Wildman–Crippen LogP) is 1.67. The van der Waals surface area contributed by atoms with Crippen LogP contribution in [0.15, 0.2) is 12.3 Å². The van der Waals surface area contributed by atoms with Crippen molar-refractivity contribution in [3.63, 3.8) is 0 Å². The Bertz CT molecular complexity index is 339. The molecule has 1 aliphatic carbocycles. The fourth-order valence-electron chi connectivity index (χ4n) is 1.44. The summed E-state index contributed by atoms with van der Waals surface area (Å²) < 4.78 is 18.1. The molecule has 0 bridgehead atoms. The molecule has 4 heteroatoms. The summed E-state index contributed by atoms with van der Waals surface area (Å²) in [5.41, 5.74) is 0.291. The molecule has 76 valence electrons. The number of aliphatic hydroxyl groups excluding tert-OH is 1. The minimum Gasteiger partial charge on any atom is -0.481 e. The van der Waals surface area contributed by atoms with E-state index in [1.807, 2.05) is 0 Å². The Labute approximate surface area is 81.5 Å². The highest BCUT2D eigenvalue weighted by molar-refractivity contribution is 5.25. The van der Waals surface area contributed by atoms with Gasteiger partial charge in [0.25, 0.3) is 0 Å². The summed E-state index contributed by atoms with van der Waals surface area (Å²) in [6, 6.07) is 1.46. The number of ether oxygens (including phenoxy) is 1. The maximum absolute atomic E-state index is 13.3. The second kappa shape index (κ2) is 3.53. The molecule has 0 saturated heterocycles. The van der Waals surface area contributed by atoms with Crippen LogP contribution in [0.5, 0.6) is 5.88 Å². The SMILES string of the molecule is COc1cc([C@@H](O)C2CC2)c(F)cn1. The fraction of sp³-hybridized carbons (Fsp3) is 0.500. The molecule has 1 aromatic rings. The molecule has 14 heavy (non-hydrogen) atoms. The predicted molar refractivity (Wildman–Crippen MR) is 48.4 cm³/mol. The van der Waals surface area contributed by atoms with Gasteiger partial charge in [0, 0.05) is 11.6 Å². The van der Waals surface area contributed by atoms with Crippen LogP contribution in [0, 0.1) is 11.7 Å². The van der Waals surface area contributed by atoms with E-state index in [1.165, 1.54) is 13.2 Å². The van der Waals surface area contributed by atoms with E-state index >= 15 is 0 Å². The molecule has 0 aromatic carbocycles. The molecule has 1 atom stereocenters. The Morgan fingerprint density at radius 2 is 2.36 bits per heavy atom. The van der Waals surface area contributed by atoms with Crippen LogP contribution in [0.1, 0.15) is 24.5 Å². The van der Waals surface area contributed by atoms with Gasteiger partial charge in [-0.05, 0) is 18.8 Å². The molecule has 1 aliphatic rings. The lowest BCUT2D eigenvalue weighted by molar-refractivity contribution is 0.148. The first kappa shape index (κ1) is 9.40. The maximum atomic E-state index is 13.3. The van der Waals surface area contributed by atoms with Crippen LogP contribution in [-0.2, 0) is 0 Å². The number of aromatic nitrogens is 1. The number of hydrogen-bond acceptors (Lipinski definition) is 3. The number of rotatable bonds is 3. The highest BCUT2D eigenvalue weighted by Crippen LogP contribution is 2.41. The van der Waals surface area contributed by atoms with Crippen molar-refractivity contribution >= 4 is 0 Å². The first-order valence-corrected chi connectivity index (χ1v) is 4.60. The van der Waals surface area contributed by atoms with Gasteiger partial charge in [-0.15, -0.1) is 0 Å². The Balaban J connectivity index is 2.29. The largest absolute Gasteiger partial charge is 0.481 e. The van der Waals surface area contributed by atoms with Crippen LogP contribution in [0.25, 0.3) is 0 Å². The molecule has 0 amide bonds. The van der Waals surface area contributed by atoms with E-state index in [4.69, 9.17) is 4.74 Å². The number of methoxy groups -OCH3 is 1. The minimum atomic E-state index is -0.716. The molecular formula is C10H12FNO2. The first-order chi connectivity index (χ1) is 6.72. The topological polar surface area (TPSA) is 42.4 Å². The fourth-order valence-corrected chi connectivity index (χ4v) is 1.44. The Hall–Kier alpha value is -1.16. The molecular weight excluding hydrogens is 185 g/mol. The van der Waals surface area contributed by atoms with Crippen LogP contribution in [0.4, 0.5) is 4.39 Å². The minimum absolute atomic E-state index is 0.205. The highest BCUT2D eigenvalue weighted by Gasteiger charge is 2.32. The van der Waals surface area contributed by atoms with E-state index in [2.05, 4.69) is 4.98 Å². The summed E-state index contributed by atoms with van der Waals surface area (Å²) in [7, 11) is 1.47. The Morgan fingerprint density at radius 1 is 1.64 bits per heavy atom. The van der Waals surface area contributed by atoms with Crippen molar-refractivity contribution in [2.45, 2.75) is 18.9 Å². The zero-order chi connectivity index (χ0) is 10.1. The Morgan fingerprint density at radius 3 is 2.93 bits per heavy atom. The van der Waals surface area contributed by atoms with Gasteiger partial charge in [0.2, 0.25) is 5.88 Å². The van der Waals surface area contributed by atoms with Gasteiger partial charge in [0.15, 0.2) is 0 Å². The number of halogens is 1. The van der Waals surface area contributed by atoms with Crippen LogP contribution < -0.4 is 4.74 Å². The van der Waals surface area contributed by atoms with E-state index in [9.17, 15) is 9.50 Å². The summed E-state index contributed by atoms with van der Waals surface area (Å²) >= 11 is 0. The van der Waals surface area contributed by atoms with Gasteiger partial charge in [-0.25, -0.2) is 9.37 Å². The second-order valence-electron chi connectivity index (χ2n) is 3.53. The van der Waals surface area contributed by atoms with E-state index in [-0.39, 0.29) is 5.92 Å². The average molecular weight is 197 g/mol. The summed E-state index contributed by atoms with van der Waals surface area (Å²) in [5, 5.41) is 9.74. The van der Waals surface area contributed by atoms with Crippen molar-refractivity contribution in [1.82, 2.24) is 4.98 Å². The van der Waals surface area contributed by atoms with Gasteiger partial charge < -0.3 is 9.84 Å².